The molecule has 0 bridgehead atoms. The highest BCUT2D eigenvalue weighted by molar-refractivity contribution is 5.81. The van der Waals surface area contributed by atoms with Crippen molar-refractivity contribution in [3.8, 4) is 0 Å². The summed E-state index contributed by atoms with van der Waals surface area (Å²) in [6, 6.07) is 18.8. The summed E-state index contributed by atoms with van der Waals surface area (Å²) in [6.07, 6.45) is 4.13. The number of benzene rings is 1. The van der Waals surface area contributed by atoms with Crippen LogP contribution in [0.2, 0.25) is 0 Å². The molecular weight excluding hydrogens is 348 g/mol. The van der Waals surface area contributed by atoms with Crippen molar-refractivity contribution < 1.29 is 0 Å². The zero-order valence-electron chi connectivity index (χ0n) is 16.4. The van der Waals surface area contributed by atoms with Gasteiger partial charge in [0.25, 0.3) is 0 Å². The Morgan fingerprint density at radius 3 is 2.07 bits per heavy atom. The molecule has 6 nitrogen and oxygen atoms in total. The summed E-state index contributed by atoms with van der Waals surface area (Å²) >= 11 is 0. The van der Waals surface area contributed by atoms with Crippen molar-refractivity contribution in [2.45, 2.75) is 26.2 Å². The van der Waals surface area contributed by atoms with Gasteiger partial charge in [0.1, 0.15) is 12.3 Å². The highest BCUT2D eigenvalue weighted by Gasteiger charge is 2.39. The van der Waals surface area contributed by atoms with Gasteiger partial charge in [-0.25, -0.2) is 9.97 Å². The topological polar surface area (TPSA) is 38.7 Å². The summed E-state index contributed by atoms with van der Waals surface area (Å²) in [5.74, 6) is 2.04. The van der Waals surface area contributed by atoms with Crippen molar-refractivity contribution in [1.82, 2.24) is 9.97 Å². The number of hydrogen-bond acceptors (Lipinski definition) is 6. The molecule has 0 radical (unpaired) electrons. The molecule has 6 heteroatoms. The standard InChI is InChI=1S/C22H24N6/c1-16-25(3)21-19(11-7-13-23-21)26(16)15-27-17(2)28(18-9-5-4-6-10-18)22-20(27)12-8-14-24-22/h4-14,16-17H,15H2,1-3H3/t16-,17-/m0/s1. The highest BCUT2D eigenvalue weighted by atomic mass is 15.5. The van der Waals surface area contributed by atoms with Gasteiger partial charge in [-0.15, -0.1) is 0 Å². The van der Waals surface area contributed by atoms with Gasteiger partial charge >= 0.3 is 0 Å². The third kappa shape index (κ3) is 2.41. The van der Waals surface area contributed by atoms with Gasteiger partial charge in [0.15, 0.2) is 11.6 Å². The highest BCUT2D eigenvalue weighted by Crippen LogP contribution is 2.44. The van der Waals surface area contributed by atoms with E-state index in [0.29, 0.717) is 0 Å². The number of rotatable bonds is 3. The molecule has 0 saturated carbocycles. The van der Waals surface area contributed by atoms with Gasteiger partial charge < -0.3 is 19.6 Å². The first-order chi connectivity index (χ1) is 13.7. The lowest BCUT2D eigenvalue weighted by Gasteiger charge is -2.36. The van der Waals surface area contributed by atoms with E-state index in [0.717, 1.165) is 29.7 Å². The van der Waals surface area contributed by atoms with Crippen LogP contribution in [0.15, 0.2) is 67.0 Å². The first-order valence-corrected chi connectivity index (χ1v) is 9.67. The molecule has 2 atom stereocenters. The quantitative estimate of drug-likeness (QED) is 0.691. The molecule has 2 aromatic heterocycles. The first-order valence-electron chi connectivity index (χ1n) is 9.67. The van der Waals surface area contributed by atoms with Gasteiger partial charge in [0, 0.05) is 25.1 Å². The molecule has 0 spiro atoms. The van der Waals surface area contributed by atoms with Gasteiger partial charge in [-0.1, -0.05) is 18.2 Å². The Morgan fingerprint density at radius 2 is 1.36 bits per heavy atom. The second kappa shape index (κ2) is 6.41. The van der Waals surface area contributed by atoms with Crippen LogP contribution in [-0.2, 0) is 0 Å². The summed E-state index contributed by atoms with van der Waals surface area (Å²) in [7, 11) is 2.11. The molecule has 2 aliphatic rings. The lowest BCUT2D eigenvalue weighted by molar-refractivity contribution is 0.599. The molecule has 3 aromatic rings. The fourth-order valence-corrected chi connectivity index (χ4v) is 4.27. The average molecular weight is 372 g/mol. The molecule has 0 amide bonds. The molecule has 4 heterocycles. The fraction of sp³-hybridized carbons (Fsp3) is 0.273. The van der Waals surface area contributed by atoms with Crippen LogP contribution in [0.1, 0.15) is 13.8 Å². The first kappa shape index (κ1) is 16.9. The van der Waals surface area contributed by atoms with Crippen LogP contribution in [0.25, 0.3) is 0 Å². The number of para-hydroxylation sites is 1. The third-order valence-electron chi connectivity index (χ3n) is 5.89. The monoisotopic (exact) mass is 372 g/mol. The number of nitrogens with zero attached hydrogens (tertiary/aromatic N) is 6. The van der Waals surface area contributed by atoms with Crippen molar-refractivity contribution in [3.63, 3.8) is 0 Å². The Bertz CT molecular complexity index is 991. The Hall–Kier alpha value is -3.28. The molecule has 0 N–H and O–H groups in total. The minimum absolute atomic E-state index is 0.158. The summed E-state index contributed by atoms with van der Waals surface area (Å²) in [5.41, 5.74) is 3.49. The maximum atomic E-state index is 4.71. The molecule has 0 saturated heterocycles. The molecular formula is C22H24N6. The average Bonchev–Trinajstić information content (AvgIpc) is 3.15. The number of aromatic nitrogens is 2. The van der Waals surface area contributed by atoms with Crippen LogP contribution < -0.4 is 19.6 Å². The van der Waals surface area contributed by atoms with E-state index in [1.54, 1.807) is 0 Å². The minimum Gasteiger partial charge on any atom is -0.338 e. The van der Waals surface area contributed by atoms with Crippen molar-refractivity contribution in [2.24, 2.45) is 0 Å². The summed E-state index contributed by atoms with van der Waals surface area (Å²) in [6.45, 7) is 5.23. The lowest BCUT2D eigenvalue weighted by Crippen LogP contribution is -2.49. The second-order valence-electron chi connectivity index (χ2n) is 7.35. The second-order valence-corrected chi connectivity index (χ2v) is 7.35. The van der Waals surface area contributed by atoms with Crippen LogP contribution in [0.5, 0.6) is 0 Å². The minimum atomic E-state index is 0.158. The van der Waals surface area contributed by atoms with Gasteiger partial charge in [-0.05, 0) is 50.2 Å². The molecule has 0 fully saturated rings. The van der Waals surface area contributed by atoms with Crippen LogP contribution in [0, 0.1) is 0 Å². The number of hydrogen-bond donors (Lipinski definition) is 0. The number of anilines is 5. The van der Waals surface area contributed by atoms with Crippen LogP contribution >= 0.6 is 0 Å². The van der Waals surface area contributed by atoms with Crippen molar-refractivity contribution in [3.05, 3.63) is 67.0 Å². The van der Waals surface area contributed by atoms with Crippen molar-refractivity contribution in [2.75, 3.05) is 33.3 Å². The molecule has 0 unspecified atom stereocenters. The lowest BCUT2D eigenvalue weighted by atomic mass is 10.3. The van der Waals surface area contributed by atoms with E-state index in [-0.39, 0.29) is 12.3 Å². The molecule has 5 rings (SSSR count). The Balaban J connectivity index is 1.53. The van der Waals surface area contributed by atoms with E-state index in [9.17, 15) is 0 Å². The number of fused-ring (bicyclic) bond motifs is 2. The van der Waals surface area contributed by atoms with Crippen LogP contribution in [0.4, 0.5) is 28.7 Å². The zero-order chi connectivity index (χ0) is 19.3. The number of pyridine rings is 2. The summed E-state index contributed by atoms with van der Waals surface area (Å²) in [5, 5.41) is 0. The van der Waals surface area contributed by atoms with E-state index in [2.05, 4.69) is 81.9 Å². The zero-order valence-corrected chi connectivity index (χ0v) is 16.4. The Labute approximate surface area is 165 Å². The molecule has 0 aliphatic carbocycles. The van der Waals surface area contributed by atoms with Gasteiger partial charge in [-0.2, -0.15) is 0 Å². The van der Waals surface area contributed by atoms with E-state index in [1.807, 2.05) is 30.6 Å². The van der Waals surface area contributed by atoms with Crippen LogP contribution in [0.3, 0.4) is 0 Å². The summed E-state index contributed by atoms with van der Waals surface area (Å²) < 4.78 is 0. The SMILES string of the molecule is C[C@H]1N(C)c2ncccc2N1CN1c2cccnc2N(c2ccccc2)[C@H]1C. The van der Waals surface area contributed by atoms with Gasteiger partial charge in [-0.3, -0.25) is 0 Å². The van der Waals surface area contributed by atoms with Crippen LogP contribution in [-0.4, -0.2) is 36.0 Å². The largest absolute Gasteiger partial charge is 0.338 e. The Morgan fingerprint density at radius 1 is 0.750 bits per heavy atom. The molecule has 142 valence electrons. The molecule has 28 heavy (non-hydrogen) atoms. The van der Waals surface area contributed by atoms with Gasteiger partial charge in [0.2, 0.25) is 0 Å². The fourth-order valence-electron chi connectivity index (χ4n) is 4.27. The van der Waals surface area contributed by atoms with E-state index < -0.39 is 0 Å². The normalized spacial score (nSPS) is 20.5. The Kier molecular flexibility index (Phi) is 3.86. The molecule has 1 aromatic carbocycles. The summed E-state index contributed by atoms with van der Waals surface area (Å²) in [4.78, 5) is 18.7. The maximum Gasteiger partial charge on any atom is 0.158 e. The van der Waals surface area contributed by atoms with Gasteiger partial charge in [0.05, 0.1) is 18.0 Å². The van der Waals surface area contributed by atoms with Crippen molar-refractivity contribution >= 4 is 28.7 Å². The predicted octanol–water partition coefficient (Wildman–Crippen LogP) is 4.04. The third-order valence-corrected chi connectivity index (χ3v) is 5.89. The van der Waals surface area contributed by atoms with E-state index in [1.165, 1.54) is 5.69 Å². The predicted molar refractivity (Wildman–Crippen MR) is 114 cm³/mol. The van der Waals surface area contributed by atoms with Crippen molar-refractivity contribution in [1.29, 1.82) is 0 Å². The molecule has 2 aliphatic heterocycles. The van der Waals surface area contributed by atoms with E-state index >= 15 is 0 Å². The van der Waals surface area contributed by atoms with E-state index in [4.69, 9.17) is 4.98 Å². The smallest absolute Gasteiger partial charge is 0.158 e. The maximum absolute atomic E-state index is 4.71.